The molecule has 0 bridgehead atoms. The standard InChI is InChI=1S/C27H30ClN3O2/c1-33-22-13-11-20(12-14-22)17-29-21-16-26(30-18-21)27(32)31-25(15-19-7-3-2-4-8-19)23-9-5-6-10-24(23)28/h2-14,21,25-26,29-30H,15-18H2,1H3,(H,31,32)/t21-,25?,26-/m0/s1. The van der Waals surface area contributed by atoms with Crippen LogP contribution < -0.4 is 20.7 Å². The van der Waals surface area contributed by atoms with Crippen molar-refractivity contribution in [3.8, 4) is 5.75 Å². The number of carbonyl (C=O) groups is 1. The molecule has 4 rings (SSSR count). The van der Waals surface area contributed by atoms with E-state index in [4.69, 9.17) is 16.3 Å². The Labute approximate surface area is 200 Å². The number of carbonyl (C=O) groups excluding carboxylic acids is 1. The molecule has 0 aromatic heterocycles. The van der Waals surface area contributed by atoms with Gasteiger partial charge in [0, 0.05) is 24.2 Å². The van der Waals surface area contributed by atoms with E-state index in [0.717, 1.165) is 36.4 Å². The molecule has 1 aliphatic rings. The third kappa shape index (κ3) is 6.35. The summed E-state index contributed by atoms with van der Waals surface area (Å²) in [6.45, 7) is 1.50. The second-order valence-electron chi connectivity index (χ2n) is 8.39. The van der Waals surface area contributed by atoms with Gasteiger partial charge in [0.05, 0.1) is 19.2 Å². The van der Waals surface area contributed by atoms with Gasteiger partial charge in [-0.1, -0.05) is 72.3 Å². The van der Waals surface area contributed by atoms with Gasteiger partial charge in [-0.05, 0) is 47.7 Å². The molecule has 1 heterocycles. The number of benzene rings is 3. The normalized spacial score (nSPS) is 18.6. The van der Waals surface area contributed by atoms with E-state index in [1.807, 2.05) is 54.6 Å². The molecule has 172 valence electrons. The predicted molar refractivity (Wildman–Crippen MR) is 133 cm³/mol. The van der Waals surface area contributed by atoms with Gasteiger partial charge in [0.25, 0.3) is 0 Å². The lowest BCUT2D eigenvalue weighted by atomic mass is 9.98. The van der Waals surface area contributed by atoms with Crippen LogP contribution in [-0.4, -0.2) is 31.6 Å². The van der Waals surface area contributed by atoms with Crippen molar-refractivity contribution in [2.45, 2.75) is 37.5 Å². The summed E-state index contributed by atoms with van der Waals surface area (Å²) in [6.07, 6.45) is 1.42. The Morgan fingerprint density at radius 3 is 2.48 bits per heavy atom. The highest BCUT2D eigenvalue weighted by Gasteiger charge is 2.30. The number of ether oxygens (including phenoxy) is 1. The molecule has 0 radical (unpaired) electrons. The SMILES string of the molecule is COc1ccc(CN[C@@H]2CN[C@H](C(=O)NC(Cc3ccccc3)c3ccccc3Cl)C2)cc1. The number of hydrogen-bond acceptors (Lipinski definition) is 4. The van der Waals surface area contributed by atoms with E-state index in [-0.39, 0.29) is 24.0 Å². The van der Waals surface area contributed by atoms with Crippen LogP contribution in [0, 0.1) is 0 Å². The van der Waals surface area contributed by atoms with E-state index < -0.39 is 0 Å². The first-order valence-corrected chi connectivity index (χ1v) is 11.7. The van der Waals surface area contributed by atoms with Crippen molar-refractivity contribution in [3.05, 3.63) is 101 Å². The Morgan fingerprint density at radius 2 is 1.76 bits per heavy atom. The molecule has 1 unspecified atom stereocenters. The molecule has 0 aliphatic carbocycles. The van der Waals surface area contributed by atoms with Crippen LogP contribution in [0.3, 0.4) is 0 Å². The monoisotopic (exact) mass is 463 g/mol. The summed E-state index contributed by atoms with van der Waals surface area (Å²) < 4.78 is 5.21. The highest BCUT2D eigenvalue weighted by Crippen LogP contribution is 2.26. The van der Waals surface area contributed by atoms with Gasteiger partial charge in [0.2, 0.25) is 5.91 Å². The lowest BCUT2D eigenvalue weighted by molar-refractivity contribution is -0.123. The fourth-order valence-corrected chi connectivity index (χ4v) is 4.48. The van der Waals surface area contributed by atoms with Crippen molar-refractivity contribution in [1.29, 1.82) is 0 Å². The number of rotatable bonds is 9. The summed E-state index contributed by atoms with van der Waals surface area (Å²) in [7, 11) is 1.67. The van der Waals surface area contributed by atoms with Crippen molar-refractivity contribution in [3.63, 3.8) is 0 Å². The van der Waals surface area contributed by atoms with Crippen molar-refractivity contribution in [2.75, 3.05) is 13.7 Å². The molecule has 1 fully saturated rings. The molecule has 3 atom stereocenters. The topological polar surface area (TPSA) is 62.4 Å². The maximum absolute atomic E-state index is 13.2. The van der Waals surface area contributed by atoms with Gasteiger partial charge in [0.1, 0.15) is 5.75 Å². The highest BCUT2D eigenvalue weighted by molar-refractivity contribution is 6.31. The molecular weight excluding hydrogens is 434 g/mol. The summed E-state index contributed by atoms with van der Waals surface area (Å²) in [5.74, 6) is 0.853. The van der Waals surface area contributed by atoms with E-state index in [2.05, 4.69) is 40.2 Å². The third-order valence-electron chi connectivity index (χ3n) is 6.08. The first kappa shape index (κ1) is 23.3. The summed E-state index contributed by atoms with van der Waals surface area (Å²) in [6, 6.07) is 25.7. The van der Waals surface area contributed by atoms with Crippen molar-refractivity contribution in [2.24, 2.45) is 0 Å². The average molecular weight is 464 g/mol. The Bertz CT molecular complexity index is 1040. The minimum atomic E-state index is -0.237. The number of amides is 1. The van der Waals surface area contributed by atoms with Gasteiger partial charge in [-0.25, -0.2) is 0 Å². The smallest absolute Gasteiger partial charge is 0.237 e. The van der Waals surface area contributed by atoms with Gasteiger partial charge in [-0.15, -0.1) is 0 Å². The molecule has 0 spiro atoms. The van der Waals surface area contributed by atoms with Crippen LogP contribution in [0.4, 0.5) is 0 Å². The number of nitrogens with one attached hydrogen (secondary N) is 3. The molecule has 1 amide bonds. The van der Waals surface area contributed by atoms with Gasteiger partial charge < -0.3 is 20.7 Å². The largest absolute Gasteiger partial charge is 0.497 e. The van der Waals surface area contributed by atoms with Gasteiger partial charge in [0.15, 0.2) is 0 Å². The molecule has 1 aliphatic heterocycles. The Balaban J connectivity index is 1.36. The highest BCUT2D eigenvalue weighted by atomic mass is 35.5. The van der Waals surface area contributed by atoms with Crippen LogP contribution in [0.1, 0.15) is 29.2 Å². The van der Waals surface area contributed by atoms with Crippen LogP contribution in [0.15, 0.2) is 78.9 Å². The number of methoxy groups -OCH3 is 1. The van der Waals surface area contributed by atoms with E-state index in [1.54, 1.807) is 7.11 Å². The molecule has 3 N–H and O–H groups in total. The van der Waals surface area contributed by atoms with Crippen LogP contribution in [0.5, 0.6) is 5.75 Å². The molecule has 0 saturated carbocycles. The van der Waals surface area contributed by atoms with Gasteiger partial charge in [-0.2, -0.15) is 0 Å². The van der Waals surface area contributed by atoms with Gasteiger partial charge >= 0.3 is 0 Å². The minimum absolute atomic E-state index is 0.00426. The summed E-state index contributed by atoms with van der Waals surface area (Å²) in [4.78, 5) is 13.2. The fourth-order valence-electron chi connectivity index (χ4n) is 4.22. The Hall–Kier alpha value is -2.86. The van der Waals surface area contributed by atoms with Crippen LogP contribution in [-0.2, 0) is 17.8 Å². The molecule has 3 aromatic rings. The molecule has 33 heavy (non-hydrogen) atoms. The first-order chi connectivity index (χ1) is 16.1. The maximum atomic E-state index is 13.2. The summed E-state index contributed by atoms with van der Waals surface area (Å²) >= 11 is 6.49. The summed E-state index contributed by atoms with van der Waals surface area (Å²) in [5.41, 5.74) is 3.27. The predicted octanol–water partition coefficient (Wildman–Crippen LogP) is 4.27. The zero-order chi connectivity index (χ0) is 23.0. The number of halogens is 1. The lowest BCUT2D eigenvalue weighted by Gasteiger charge is -2.23. The third-order valence-corrected chi connectivity index (χ3v) is 6.43. The quantitative estimate of drug-likeness (QED) is 0.443. The van der Waals surface area contributed by atoms with Crippen LogP contribution in [0.2, 0.25) is 5.02 Å². The molecule has 1 saturated heterocycles. The molecule has 5 nitrogen and oxygen atoms in total. The van der Waals surface area contributed by atoms with Crippen molar-refractivity contribution >= 4 is 17.5 Å². The van der Waals surface area contributed by atoms with Crippen molar-refractivity contribution < 1.29 is 9.53 Å². The van der Waals surface area contributed by atoms with Crippen LogP contribution >= 0.6 is 11.6 Å². The Kier molecular flexibility index (Phi) is 8.00. The van der Waals surface area contributed by atoms with E-state index in [9.17, 15) is 4.79 Å². The first-order valence-electron chi connectivity index (χ1n) is 11.3. The molecule has 3 aromatic carbocycles. The fraction of sp³-hybridized carbons (Fsp3) is 0.296. The van der Waals surface area contributed by atoms with Crippen molar-refractivity contribution in [1.82, 2.24) is 16.0 Å². The maximum Gasteiger partial charge on any atom is 0.237 e. The Morgan fingerprint density at radius 1 is 1.03 bits per heavy atom. The average Bonchev–Trinajstić information content (AvgIpc) is 3.33. The van der Waals surface area contributed by atoms with E-state index in [1.165, 1.54) is 5.56 Å². The van der Waals surface area contributed by atoms with Gasteiger partial charge in [-0.3, -0.25) is 4.79 Å². The lowest BCUT2D eigenvalue weighted by Crippen LogP contribution is -2.42. The minimum Gasteiger partial charge on any atom is -0.497 e. The zero-order valence-electron chi connectivity index (χ0n) is 18.8. The van der Waals surface area contributed by atoms with E-state index >= 15 is 0 Å². The van der Waals surface area contributed by atoms with Crippen LogP contribution in [0.25, 0.3) is 0 Å². The zero-order valence-corrected chi connectivity index (χ0v) is 19.5. The molecular formula is C27H30ClN3O2. The second kappa shape index (κ2) is 11.3. The number of hydrogen-bond donors (Lipinski definition) is 3. The second-order valence-corrected chi connectivity index (χ2v) is 8.80. The van der Waals surface area contributed by atoms with E-state index in [0.29, 0.717) is 11.4 Å². The summed E-state index contributed by atoms with van der Waals surface area (Å²) in [5, 5.41) is 10.8. The molecule has 6 heteroatoms.